The van der Waals surface area contributed by atoms with E-state index in [9.17, 15) is 9.59 Å². The Morgan fingerprint density at radius 3 is 1.36 bits per heavy atom. The molecule has 0 saturated carbocycles. The van der Waals surface area contributed by atoms with Crippen molar-refractivity contribution in [2.45, 2.75) is 24.9 Å². The second kappa shape index (κ2) is 13.5. The highest BCUT2D eigenvalue weighted by molar-refractivity contribution is 5.88. The molecule has 2 heterocycles. The lowest BCUT2D eigenvalue weighted by molar-refractivity contribution is -0.127. The lowest BCUT2D eigenvalue weighted by atomic mass is 9.84. The molecule has 0 spiro atoms. The lowest BCUT2D eigenvalue weighted by Crippen LogP contribution is -2.37. The maximum atomic E-state index is 12.0. The third kappa shape index (κ3) is 6.36. The first-order valence-corrected chi connectivity index (χ1v) is 14.4. The zero-order valence-corrected chi connectivity index (χ0v) is 24.4. The number of amides is 2. The molecule has 44 heavy (non-hydrogen) atoms. The van der Waals surface area contributed by atoms with Gasteiger partial charge in [0.15, 0.2) is 11.4 Å². The molecule has 0 aliphatic carbocycles. The van der Waals surface area contributed by atoms with Crippen LogP contribution < -0.4 is 0 Å². The van der Waals surface area contributed by atoms with Gasteiger partial charge in [-0.2, -0.15) is 0 Å². The van der Waals surface area contributed by atoms with Crippen LogP contribution in [-0.2, 0) is 22.7 Å². The van der Waals surface area contributed by atoms with Crippen LogP contribution in [0.3, 0.4) is 0 Å². The normalized spacial score (nSPS) is 16.5. The van der Waals surface area contributed by atoms with Crippen LogP contribution >= 0.6 is 0 Å². The highest BCUT2D eigenvalue weighted by Crippen LogP contribution is 2.37. The molecule has 0 saturated heterocycles. The second-order valence-electron chi connectivity index (χ2n) is 10.8. The summed E-state index contributed by atoms with van der Waals surface area (Å²) >= 11 is 0. The Bertz CT molecular complexity index is 1650. The van der Waals surface area contributed by atoms with Crippen molar-refractivity contribution in [3.05, 3.63) is 179 Å². The summed E-state index contributed by atoms with van der Waals surface area (Å²) < 4.78 is 0. The number of fused-ring (bicyclic) bond motifs is 2. The summed E-state index contributed by atoms with van der Waals surface area (Å²) in [6.07, 6.45) is 2.72. The van der Waals surface area contributed by atoms with Gasteiger partial charge in [0.25, 0.3) is 0 Å². The van der Waals surface area contributed by atoms with Crippen LogP contribution in [-0.4, -0.2) is 34.7 Å². The van der Waals surface area contributed by atoms with E-state index < -0.39 is 0 Å². The topological polar surface area (TPSA) is 49.3 Å². The van der Waals surface area contributed by atoms with Gasteiger partial charge in [-0.1, -0.05) is 110 Å². The molecule has 0 bridgehead atoms. The number of nitrogens with zero attached hydrogens (tertiary/aromatic N) is 4. The van der Waals surface area contributed by atoms with Crippen LogP contribution in [0.1, 0.15) is 45.2 Å². The molecular weight excluding hydrogens is 544 g/mol. The number of hydrogen-bond donors (Lipinski definition) is 0. The molecule has 0 fully saturated rings. The standard InChI is InChI=1S/2C19H16N2O/c2*1-3-19(22)21-12-15-9-10-16(20-2)11-17(15)18(13-21)14-7-5-4-6-8-14/h2*3-11,18H,1,12-13H2/t2*18-/m10/s1. The number of rotatable bonds is 4. The quantitative estimate of drug-likeness (QED) is 0.184. The lowest BCUT2D eigenvalue weighted by Gasteiger charge is -2.34. The van der Waals surface area contributed by atoms with Gasteiger partial charge in [0.1, 0.15) is 0 Å². The molecule has 6 nitrogen and oxygen atoms in total. The van der Waals surface area contributed by atoms with Crippen molar-refractivity contribution in [3.8, 4) is 0 Å². The van der Waals surface area contributed by atoms with Crippen molar-refractivity contribution in [1.82, 2.24) is 9.80 Å². The van der Waals surface area contributed by atoms with Crippen molar-refractivity contribution in [3.63, 3.8) is 0 Å². The van der Waals surface area contributed by atoms with Crippen molar-refractivity contribution in [2.75, 3.05) is 13.1 Å². The SMILES string of the molecule is [C-]#[N+]c1ccc2c(c1)[C@@H](c1ccccc1)CN(C(=O)C=C)C2.[C-]#[N+]c1ccc2c(c1)[C@H](c1ccccc1)CN(C(=O)C=C)C2. The Hall–Kier alpha value is -5.72. The molecule has 2 amide bonds. The number of benzene rings is 4. The Balaban J connectivity index is 0.000000175. The van der Waals surface area contributed by atoms with Gasteiger partial charge >= 0.3 is 0 Å². The van der Waals surface area contributed by atoms with Crippen molar-refractivity contribution >= 4 is 23.2 Å². The van der Waals surface area contributed by atoms with Gasteiger partial charge in [-0.3, -0.25) is 9.59 Å². The van der Waals surface area contributed by atoms with Gasteiger partial charge in [0, 0.05) is 38.0 Å². The zero-order chi connectivity index (χ0) is 31.1. The van der Waals surface area contributed by atoms with Gasteiger partial charge in [0.2, 0.25) is 11.8 Å². The van der Waals surface area contributed by atoms with E-state index in [2.05, 4.69) is 47.1 Å². The molecule has 6 heteroatoms. The van der Waals surface area contributed by atoms with Crippen LogP contribution in [0.25, 0.3) is 9.69 Å². The van der Waals surface area contributed by atoms with Crippen LogP contribution in [0.2, 0.25) is 0 Å². The molecule has 0 N–H and O–H groups in total. The maximum absolute atomic E-state index is 12.0. The van der Waals surface area contributed by atoms with Crippen molar-refractivity contribution in [1.29, 1.82) is 0 Å². The van der Waals surface area contributed by atoms with Gasteiger partial charge < -0.3 is 9.80 Å². The van der Waals surface area contributed by atoms with E-state index in [1.54, 1.807) is 0 Å². The van der Waals surface area contributed by atoms with Crippen LogP contribution in [0.4, 0.5) is 11.4 Å². The fourth-order valence-electron chi connectivity index (χ4n) is 5.95. The summed E-state index contributed by atoms with van der Waals surface area (Å²) in [6.45, 7) is 24.0. The Morgan fingerprint density at radius 2 is 1.02 bits per heavy atom. The predicted molar refractivity (Wildman–Crippen MR) is 173 cm³/mol. The fourth-order valence-corrected chi connectivity index (χ4v) is 5.95. The molecule has 2 atom stereocenters. The van der Waals surface area contributed by atoms with E-state index in [1.807, 2.05) is 82.6 Å². The summed E-state index contributed by atoms with van der Waals surface area (Å²) in [6, 6.07) is 31.7. The van der Waals surface area contributed by atoms with E-state index in [4.69, 9.17) is 13.1 Å². The van der Waals surface area contributed by atoms with E-state index in [0.717, 1.165) is 33.4 Å². The van der Waals surface area contributed by atoms with E-state index in [0.29, 0.717) is 37.6 Å². The summed E-state index contributed by atoms with van der Waals surface area (Å²) in [5.74, 6) is 0.0766. The fraction of sp³-hybridized carbons (Fsp3) is 0.158. The summed E-state index contributed by atoms with van der Waals surface area (Å²) in [4.78, 5) is 34.8. The molecule has 2 aliphatic heterocycles. The third-order valence-electron chi connectivity index (χ3n) is 8.17. The van der Waals surface area contributed by atoms with Crippen molar-refractivity contribution < 1.29 is 9.59 Å². The average Bonchev–Trinajstić information content (AvgIpc) is 3.10. The number of hydrogen-bond acceptors (Lipinski definition) is 2. The first kappa shape index (κ1) is 29.8. The van der Waals surface area contributed by atoms with Crippen LogP contribution in [0.5, 0.6) is 0 Å². The minimum Gasteiger partial charge on any atom is -0.334 e. The van der Waals surface area contributed by atoms with Gasteiger partial charge in [-0.15, -0.1) is 0 Å². The number of carbonyl (C=O) groups excluding carboxylic acids is 2. The molecule has 4 aromatic carbocycles. The van der Waals surface area contributed by atoms with Crippen LogP contribution in [0, 0.1) is 13.1 Å². The third-order valence-corrected chi connectivity index (χ3v) is 8.17. The highest BCUT2D eigenvalue weighted by Gasteiger charge is 2.29. The van der Waals surface area contributed by atoms with Crippen molar-refractivity contribution in [2.24, 2.45) is 0 Å². The van der Waals surface area contributed by atoms with E-state index in [1.165, 1.54) is 12.2 Å². The molecule has 2 aliphatic rings. The molecule has 6 rings (SSSR count). The smallest absolute Gasteiger partial charge is 0.246 e. The molecule has 0 aromatic heterocycles. The first-order valence-electron chi connectivity index (χ1n) is 14.4. The zero-order valence-electron chi connectivity index (χ0n) is 24.4. The second-order valence-corrected chi connectivity index (χ2v) is 10.8. The minimum atomic E-state index is -0.0548. The van der Waals surface area contributed by atoms with E-state index >= 15 is 0 Å². The van der Waals surface area contributed by atoms with E-state index in [-0.39, 0.29) is 23.7 Å². The van der Waals surface area contributed by atoms with Gasteiger partial charge in [0.05, 0.1) is 13.1 Å². The minimum absolute atomic E-state index is 0.0548. The predicted octanol–water partition coefficient (Wildman–Crippen LogP) is 7.79. The maximum Gasteiger partial charge on any atom is 0.246 e. The molecule has 4 aromatic rings. The monoisotopic (exact) mass is 576 g/mol. The van der Waals surface area contributed by atoms with Gasteiger partial charge in [-0.05, 0) is 45.5 Å². The highest BCUT2D eigenvalue weighted by atomic mass is 16.2. The number of carbonyl (C=O) groups is 2. The first-order chi connectivity index (χ1) is 21.4. The Kier molecular flexibility index (Phi) is 9.13. The summed E-state index contributed by atoms with van der Waals surface area (Å²) in [7, 11) is 0. The largest absolute Gasteiger partial charge is 0.334 e. The summed E-state index contributed by atoms with van der Waals surface area (Å²) in [5, 5.41) is 0. The molecule has 0 radical (unpaired) electrons. The molecular formula is C38H32N4O2. The average molecular weight is 577 g/mol. The van der Waals surface area contributed by atoms with Gasteiger partial charge in [-0.25, -0.2) is 9.69 Å². The Labute approximate surface area is 258 Å². The van der Waals surface area contributed by atoms with Crippen LogP contribution in [0.15, 0.2) is 122 Å². The molecule has 0 unspecified atom stereocenters. The molecule has 216 valence electrons. The Morgan fingerprint density at radius 1 is 0.636 bits per heavy atom. The summed E-state index contributed by atoms with van der Waals surface area (Å²) in [5.41, 5.74) is 8.09.